The van der Waals surface area contributed by atoms with Crippen LogP contribution in [0.15, 0.2) is 34.2 Å². The quantitative estimate of drug-likeness (QED) is 0.390. The second-order valence-corrected chi connectivity index (χ2v) is 6.45. The van der Waals surface area contributed by atoms with E-state index in [0.29, 0.717) is 6.20 Å². The molecule has 0 N–H and O–H groups in total. The Morgan fingerprint density at radius 3 is 2.72 bits per heavy atom. The van der Waals surface area contributed by atoms with E-state index in [1.165, 1.54) is 24.3 Å². The number of benzene rings is 1. The largest absolute Gasteiger partial charge is 0.460 e. The number of ether oxygens (including phenoxy) is 1. The molecule has 29 heavy (non-hydrogen) atoms. The van der Waals surface area contributed by atoms with E-state index in [2.05, 4.69) is 5.10 Å². The highest BCUT2D eigenvalue weighted by molar-refractivity contribution is 6.43. The molecule has 0 spiro atoms. The number of nitrogens with zero attached hydrogens (tertiary/aromatic N) is 3. The topological polar surface area (TPSA) is 85.0 Å². The Kier molecular flexibility index (Phi) is 7.06. The van der Waals surface area contributed by atoms with Crippen molar-refractivity contribution in [3.05, 3.63) is 61.5 Å². The molecule has 2 aromatic rings. The van der Waals surface area contributed by atoms with E-state index in [0.717, 1.165) is 11.6 Å². The molecule has 152 valence electrons. The number of nitriles is 1. The van der Waals surface area contributed by atoms with Gasteiger partial charge in [-0.1, -0.05) is 23.2 Å². The summed E-state index contributed by atoms with van der Waals surface area (Å²) in [5.74, 6) is -0.885. The zero-order valence-electron chi connectivity index (χ0n) is 14.8. The lowest BCUT2D eigenvalue weighted by atomic mass is 10.1. The maximum absolute atomic E-state index is 12.9. The first-order chi connectivity index (χ1) is 13.6. The van der Waals surface area contributed by atoms with Crippen molar-refractivity contribution in [2.75, 3.05) is 6.61 Å². The molecule has 0 saturated carbocycles. The average Bonchev–Trinajstić information content (AvgIpc) is 2.64. The van der Waals surface area contributed by atoms with Crippen molar-refractivity contribution < 1.29 is 22.7 Å². The van der Waals surface area contributed by atoms with E-state index in [-0.39, 0.29) is 34.3 Å². The van der Waals surface area contributed by atoms with E-state index in [1.807, 2.05) is 0 Å². The van der Waals surface area contributed by atoms with E-state index >= 15 is 0 Å². The van der Waals surface area contributed by atoms with Gasteiger partial charge in [0.1, 0.15) is 11.6 Å². The highest BCUT2D eigenvalue weighted by atomic mass is 35.5. The zero-order valence-corrected chi connectivity index (χ0v) is 16.3. The number of carbonyl (C=O) groups is 1. The summed E-state index contributed by atoms with van der Waals surface area (Å²) in [6.07, 6.45) is -2.98. The van der Waals surface area contributed by atoms with Gasteiger partial charge < -0.3 is 4.74 Å². The zero-order chi connectivity index (χ0) is 21.8. The van der Waals surface area contributed by atoms with Crippen LogP contribution >= 0.6 is 23.2 Å². The third-order valence-electron chi connectivity index (χ3n) is 3.67. The number of esters is 1. The minimum Gasteiger partial charge on any atom is -0.460 e. The smallest absolute Gasteiger partial charge is 0.418 e. The van der Waals surface area contributed by atoms with E-state index in [4.69, 9.17) is 33.2 Å². The molecule has 1 heterocycles. The molecule has 0 fully saturated rings. The number of hydrogen-bond donors (Lipinski definition) is 0. The fraction of sp³-hybridized carbons (Fsp3) is 0.222. The SMILES string of the molecule is Cc1c(C(F)(F)F)cnn(-c2ccc(Cl)c(/C=C(\Cl)C(=O)OCCC#N)c2)c1=O. The molecule has 0 aliphatic rings. The van der Waals surface area contributed by atoms with Crippen LogP contribution in [0.3, 0.4) is 0 Å². The first-order valence-corrected chi connectivity index (χ1v) is 8.69. The lowest BCUT2D eigenvalue weighted by molar-refractivity contribution is -0.139. The number of aromatic nitrogens is 2. The van der Waals surface area contributed by atoms with E-state index in [9.17, 15) is 22.8 Å². The summed E-state index contributed by atoms with van der Waals surface area (Å²) in [5.41, 5.74) is -2.28. The molecule has 0 saturated heterocycles. The van der Waals surface area contributed by atoms with Gasteiger partial charge in [0.15, 0.2) is 0 Å². The summed E-state index contributed by atoms with van der Waals surface area (Å²) in [4.78, 5) is 24.1. The van der Waals surface area contributed by atoms with Crippen LogP contribution in [0.2, 0.25) is 5.02 Å². The van der Waals surface area contributed by atoms with Gasteiger partial charge in [-0.25, -0.2) is 4.79 Å². The Labute approximate surface area is 172 Å². The van der Waals surface area contributed by atoms with Gasteiger partial charge in [0.2, 0.25) is 0 Å². The fourth-order valence-electron chi connectivity index (χ4n) is 2.24. The lowest BCUT2D eigenvalue weighted by Crippen LogP contribution is -2.27. The predicted octanol–water partition coefficient (Wildman–Crippen LogP) is 4.25. The summed E-state index contributed by atoms with van der Waals surface area (Å²) in [5, 5.41) is 11.8. The minimum absolute atomic E-state index is 0.00594. The Balaban J connectivity index is 2.43. The highest BCUT2D eigenvalue weighted by Crippen LogP contribution is 2.30. The highest BCUT2D eigenvalue weighted by Gasteiger charge is 2.34. The van der Waals surface area contributed by atoms with Gasteiger partial charge >= 0.3 is 12.1 Å². The molecule has 0 radical (unpaired) electrons. The van der Waals surface area contributed by atoms with Crippen LogP contribution in [-0.4, -0.2) is 22.4 Å². The van der Waals surface area contributed by atoms with Gasteiger partial charge in [-0.15, -0.1) is 0 Å². The Morgan fingerprint density at radius 2 is 2.10 bits per heavy atom. The molecule has 0 atom stereocenters. The molecule has 6 nitrogen and oxygen atoms in total. The number of hydrogen-bond acceptors (Lipinski definition) is 5. The molecule has 2 rings (SSSR count). The van der Waals surface area contributed by atoms with Gasteiger partial charge in [-0.2, -0.15) is 28.2 Å². The van der Waals surface area contributed by atoms with Crippen LogP contribution in [0, 0.1) is 18.3 Å². The third-order valence-corrected chi connectivity index (χ3v) is 4.28. The maximum Gasteiger partial charge on any atom is 0.418 e. The summed E-state index contributed by atoms with van der Waals surface area (Å²) in [6, 6.07) is 5.87. The lowest BCUT2D eigenvalue weighted by Gasteiger charge is -2.12. The van der Waals surface area contributed by atoms with Crippen LogP contribution < -0.4 is 5.56 Å². The van der Waals surface area contributed by atoms with Gasteiger partial charge in [0.05, 0.1) is 29.9 Å². The van der Waals surface area contributed by atoms with Crippen molar-refractivity contribution in [3.8, 4) is 11.8 Å². The molecule has 1 aromatic heterocycles. The van der Waals surface area contributed by atoms with Crippen LogP contribution in [0.25, 0.3) is 11.8 Å². The number of carbonyl (C=O) groups excluding carboxylic acids is 1. The standard InChI is InChI=1S/C18H12Cl2F3N3O3/c1-10-13(18(21,22)23)9-25-26(16(10)27)12-3-4-14(19)11(7-12)8-15(20)17(28)29-6-2-5-24/h3-4,7-9H,2,6H2,1H3/b15-8-. The summed E-state index contributed by atoms with van der Waals surface area (Å²) >= 11 is 11.9. The second-order valence-electron chi connectivity index (χ2n) is 5.64. The fourth-order valence-corrected chi connectivity index (χ4v) is 2.58. The molecule has 0 aliphatic heterocycles. The Hall–Kier alpha value is -2.83. The summed E-state index contributed by atoms with van der Waals surface area (Å²) in [6.45, 7) is 0.908. The van der Waals surface area contributed by atoms with Crippen LogP contribution in [0.1, 0.15) is 23.1 Å². The maximum atomic E-state index is 12.9. The van der Waals surface area contributed by atoms with Crippen LogP contribution in [-0.2, 0) is 15.7 Å². The molecular formula is C18H12Cl2F3N3O3. The first-order valence-electron chi connectivity index (χ1n) is 7.93. The Morgan fingerprint density at radius 1 is 1.41 bits per heavy atom. The van der Waals surface area contributed by atoms with Crippen molar-refractivity contribution in [3.63, 3.8) is 0 Å². The second kappa shape index (κ2) is 9.11. The van der Waals surface area contributed by atoms with E-state index < -0.39 is 28.8 Å². The van der Waals surface area contributed by atoms with Crippen LogP contribution in [0.5, 0.6) is 0 Å². The van der Waals surface area contributed by atoms with Crippen LogP contribution in [0.4, 0.5) is 13.2 Å². The summed E-state index contributed by atoms with van der Waals surface area (Å²) in [7, 11) is 0. The molecule has 0 aliphatic carbocycles. The van der Waals surface area contributed by atoms with Gasteiger partial charge in [0, 0.05) is 10.6 Å². The van der Waals surface area contributed by atoms with Crippen molar-refractivity contribution in [2.24, 2.45) is 0 Å². The van der Waals surface area contributed by atoms with Crippen molar-refractivity contribution in [2.45, 2.75) is 19.5 Å². The van der Waals surface area contributed by atoms with Crippen molar-refractivity contribution in [1.29, 1.82) is 5.26 Å². The Bertz CT molecular complexity index is 1070. The minimum atomic E-state index is -4.71. The molecule has 1 aromatic carbocycles. The third kappa shape index (κ3) is 5.37. The first kappa shape index (κ1) is 22.5. The molecule has 0 unspecified atom stereocenters. The van der Waals surface area contributed by atoms with Gasteiger partial charge in [-0.05, 0) is 36.8 Å². The average molecular weight is 446 g/mol. The monoisotopic (exact) mass is 445 g/mol. The summed E-state index contributed by atoms with van der Waals surface area (Å²) < 4.78 is 44.3. The van der Waals surface area contributed by atoms with Gasteiger partial charge in [0.25, 0.3) is 5.56 Å². The normalized spacial score (nSPS) is 11.8. The number of alkyl halides is 3. The molecule has 0 amide bonds. The molecule has 0 bridgehead atoms. The molecular weight excluding hydrogens is 434 g/mol. The van der Waals surface area contributed by atoms with Crippen molar-refractivity contribution in [1.82, 2.24) is 9.78 Å². The number of halogens is 5. The van der Waals surface area contributed by atoms with Gasteiger partial charge in [-0.3, -0.25) is 4.79 Å². The predicted molar refractivity (Wildman–Crippen MR) is 99.6 cm³/mol. The molecule has 11 heteroatoms. The van der Waals surface area contributed by atoms with Crippen molar-refractivity contribution >= 4 is 35.2 Å². The number of rotatable bonds is 5. The van der Waals surface area contributed by atoms with E-state index in [1.54, 1.807) is 6.07 Å².